The quantitative estimate of drug-likeness (QED) is 0.306. The molecule has 2 fully saturated rings. The van der Waals surface area contributed by atoms with Crippen molar-refractivity contribution in [2.75, 3.05) is 19.0 Å². The first-order chi connectivity index (χ1) is 17.3. The highest BCUT2D eigenvalue weighted by Gasteiger charge is 2.41. The van der Waals surface area contributed by atoms with Crippen LogP contribution in [0.25, 0.3) is 0 Å². The molecule has 0 aliphatic heterocycles. The Bertz CT molecular complexity index is 1020. The molecule has 0 bridgehead atoms. The summed E-state index contributed by atoms with van der Waals surface area (Å²) in [7, 11) is 1.74. The molecule has 36 heavy (non-hydrogen) atoms. The third kappa shape index (κ3) is 6.19. The molecule has 4 rings (SSSR count). The molecule has 2 aromatic rings. The first kappa shape index (κ1) is 26.8. The van der Waals surface area contributed by atoms with Gasteiger partial charge in [0.2, 0.25) is 5.91 Å². The van der Waals surface area contributed by atoms with E-state index in [1.807, 2.05) is 6.07 Å². The second-order valence-electron chi connectivity index (χ2n) is 11.7. The van der Waals surface area contributed by atoms with Crippen molar-refractivity contribution >= 4 is 11.6 Å². The second kappa shape index (κ2) is 11.9. The third-order valence-electron chi connectivity index (χ3n) is 8.16. The number of hydrogen-bond donors (Lipinski definition) is 1. The van der Waals surface area contributed by atoms with Crippen LogP contribution in [-0.2, 0) is 9.53 Å². The van der Waals surface area contributed by atoms with Gasteiger partial charge in [0.05, 0.1) is 0 Å². The van der Waals surface area contributed by atoms with Crippen molar-refractivity contribution < 1.29 is 9.53 Å². The number of anilines is 1. The van der Waals surface area contributed by atoms with Gasteiger partial charge in [0, 0.05) is 43.2 Å². The number of amides is 1. The minimum atomic E-state index is -0.160. The number of benzene rings is 1. The van der Waals surface area contributed by atoms with Crippen LogP contribution in [0.4, 0.5) is 5.69 Å². The average Bonchev–Trinajstić information content (AvgIpc) is 3.56. The Balaban J connectivity index is 1.59. The summed E-state index contributed by atoms with van der Waals surface area (Å²) >= 11 is 0. The van der Waals surface area contributed by atoms with Crippen LogP contribution < -0.4 is 5.32 Å². The van der Waals surface area contributed by atoms with E-state index >= 15 is 0 Å². The number of nitrogens with zero attached hydrogens (tertiary/aromatic N) is 3. The van der Waals surface area contributed by atoms with Gasteiger partial charge in [-0.05, 0) is 88.7 Å². The number of ether oxygens (including phenoxy) is 1. The fraction of sp³-hybridized carbons (Fsp3) is 0.700. The van der Waals surface area contributed by atoms with Crippen LogP contribution >= 0.6 is 0 Å². The molecule has 2 saturated carbocycles. The van der Waals surface area contributed by atoms with Crippen molar-refractivity contribution in [2.45, 2.75) is 104 Å². The highest BCUT2D eigenvalue weighted by Crippen LogP contribution is 2.48. The Hall–Kier alpha value is -2.21. The summed E-state index contributed by atoms with van der Waals surface area (Å²) < 4.78 is 7.84. The lowest BCUT2D eigenvalue weighted by Crippen LogP contribution is -2.31. The lowest BCUT2D eigenvalue weighted by molar-refractivity contribution is -0.120. The summed E-state index contributed by atoms with van der Waals surface area (Å²) in [5, 5.41) is 12.9. The number of rotatable bonds is 13. The predicted molar refractivity (Wildman–Crippen MR) is 145 cm³/mol. The van der Waals surface area contributed by atoms with Gasteiger partial charge < -0.3 is 14.6 Å². The molecule has 198 valence electrons. The Morgan fingerprint density at radius 2 is 1.94 bits per heavy atom. The monoisotopic (exact) mass is 494 g/mol. The molecule has 0 spiro atoms. The minimum Gasteiger partial charge on any atom is -0.385 e. The third-order valence-corrected chi connectivity index (χ3v) is 8.16. The Kier molecular flexibility index (Phi) is 8.87. The lowest BCUT2D eigenvalue weighted by Gasteiger charge is -2.36. The van der Waals surface area contributed by atoms with Gasteiger partial charge >= 0.3 is 0 Å². The van der Waals surface area contributed by atoms with Crippen LogP contribution in [0.5, 0.6) is 0 Å². The summed E-state index contributed by atoms with van der Waals surface area (Å²) in [5.74, 6) is 4.23. The Labute approximate surface area is 217 Å². The van der Waals surface area contributed by atoms with E-state index in [2.05, 4.69) is 56.6 Å². The zero-order chi connectivity index (χ0) is 25.8. The zero-order valence-electron chi connectivity index (χ0n) is 23.2. The Morgan fingerprint density at radius 1 is 1.19 bits per heavy atom. The van der Waals surface area contributed by atoms with Gasteiger partial charge in [-0.15, -0.1) is 10.2 Å². The van der Waals surface area contributed by atoms with Crippen LogP contribution in [0, 0.1) is 31.6 Å². The van der Waals surface area contributed by atoms with Gasteiger partial charge in [0.1, 0.15) is 11.6 Å². The fourth-order valence-electron chi connectivity index (χ4n) is 6.15. The van der Waals surface area contributed by atoms with Crippen molar-refractivity contribution in [1.29, 1.82) is 0 Å². The smallest absolute Gasteiger partial charge is 0.228 e. The molecule has 1 unspecified atom stereocenters. The van der Waals surface area contributed by atoms with Crippen molar-refractivity contribution in [3.05, 3.63) is 41.0 Å². The van der Waals surface area contributed by atoms with E-state index < -0.39 is 0 Å². The molecule has 0 saturated heterocycles. The maximum Gasteiger partial charge on any atom is 0.228 e. The largest absolute Gasteiger partial charge is 0.385 e. The van der Waals surface area contributed by atoms with Gasteiger partial charge in [-0.25, -0.2) is 0 Å². The first-order valence-corrected chi connectivity index (χ1v) is 14.1. The van der Waals surface area contributed by atoms with Crippen LogP contribution in [0.1, 0.15) is 113 Å². The van der Waals surface area contributed by atoms with Gasteiger partial charge in [0.15, 0.2) is 0 Å². The Morgan fingerprint density at radius 3 is 2.56 bits per heavy atom. The molecule has 2 aliphatic rings. The number of hydrogen-bond acceptors (Lipinski definition) is 4. The number of carbonyl (C=O) groups is 1. The molecule has 6 nitrogen and oxygen atoms in total. The van der Waals surface area contributed by atoms with Gasteiger partial charge in [-0.3, -0.25) is 4.79 Å². The summed E-state index contributed by atoms with van der Waals surface area (Å²) in [5.41, 5.74) is 3.19. The van der Waals surface area contributed by atoms with Crippen molar-refractivity contribution in [1.82, 2.24) is 14.8 Å². The number of carbonyl (C=O) groups excluding carboxylic acids is 1. The molecule has 0 radical (unpaired) electrons. The SMILES string of the molecule is CC[C@@H](C(=O)Nc1ccc(C)cc1C)C(CCCOC)c1nnc(C2CC(CC(C)C)C2)n1C1CC1. The maximum atomic E-state index is 13.7. The molecule has 1 N–H and O–H groups in total. The fourth-order valence-corrected chi connectivity index (χ4v) is 6.15. The van der Waals surface area contributed by atoms with Crippen molar-refractivity contribution in [3.63, 3.8) is 0 Å². The molecule has 2 atom stereocenters. The molecule has 1 aromatic carbocycles. The topological polar surface area (TPSA) is 69.0 Å². The van der Waals surface area contributed by atoms with E-state index in [0.717, 1.165) is 48.2 Å². The van der Waals surface area contributed by atoms with E-state index in [0.29, 0.717) is 18.6 Å². The van der Waals surface area contributed by atoms with Gasteiger partial charge in [0.25, 0.3) is 0 Å². The highest BCUT2D eigenvalue weighted by atomic mass is 16.5. The summed E-state index contributed by atoms with van der Waals surface area (Å²) in [6, 6.07) is 6.69. The number of aromatic nitrogens is 3. The van der Waals surface area contributed by atoms with E-state index in [1.54, 1.807) is 7.11 Å². The van der Waals surface area contributed by atoms with Gasteiger partial charge in [-0.1, -0.05) is 38.5 Å². The summed E-state index contributed by atoms with van der Waals surface area (Å²) in [6.45, 7) is 11.6. The molecule has 6 heteroatoms. The zero-order valence-corrected chi connectivity index (χ0v) is 23.2. The maximum absolute atomic E-state index is 13.7. The number of nitrogens with one attached hydrogen (secondary N) is 1. The standard InChI is InChI=1S/C30H46N4O2/c1-7-25(30(35)31-27-13-10-20(4)16-21(27)5)26(9-8-14-36-6)29-33-32-28(34(29)24-11-12-24)23-17-22(18-23)15-19(2)3/h10,13,16,19,22-26H,7-9,11-12,14-15,17-18H2,1-6H3,(H,31,35)/t22?,23?,25-,26?/m1/s1. The lowest BCUT2D eigenvalue weighted by atomic mass is 9.71. The van der Waals surface area contributed by atoms with Gasteiger partial charge in [-0.2, -0.15) is 0 Å². The number of aryl methyl sites for hydroxylation is 2. The first-order valence-electron chi connectivity index (χ1n) is 14.1. The highest BCUT2D eigenvalue weighted by molar-refractivity contribution is 5.93. The number of methoxy groups -OCH3 is 1. The molecular formula is C30H46N4O2. The van der Waals surface area contributed by atoms with Crippen molar-refractivity contribution in [3.8, 4) is 0 Å². The molecule has 2 aliphatic carbocycles. The second-order valence-corrected chi connectivity index (χ2v) is 11.7. The molecule has 1 heterocycles. The van der Waals surface area contributed by atoms with E-state index in [-0.39, 0.29) is 17.7 Å². The predicted octanol–water partition coefficient (Wildman–Crippen LogP) is 6.94. The normalized spacial score (nSPS) is 21.3. The van der Waals surface area contributed by atoms with E-state index in [1.165, 1.54) is 43.5 Å². The van der Waals surface area contributed by atoms with E-state index in [9.17, 15) is 4.79 Å². The van der Waals surface area contributed by atoms with Crippen LogP contribution in [0.2, 0.25) is 0 Å². The summed E-state index contributed by atoms with van der Waals surface area (Å²) in [6.07, 6.45) is 8.67. The summed E-state index contributed by atoms with van der Waals surface area (Å²) in [4.78, 5) is 13.7. The molecule has 1 aromatic heterocycles. The molecule has 1 amide bonds. The van der Waals surface area contributed by atoms with E-state index in [4.69, 9.17) is 14.9 Å². The minimum absolute atomic E-state index is 0.0318. The molecular weight excluding hydrogens is 448 g/mol. The average molecular weight is 495 g/mol. The van der Waals surface area contributed by atoms with Crippen LogP contribution in [-0.4, -0.2) is 34.4 Å². The van der Waals surface area contributed by atoms with Crippen LogP contribution in [0.3, 0.4) is 0 Å². The van der Waals surface area contributed by atoms with Crippen LogP contribution in [0.15, 0.2) is 18.2 Å². The van der Waals surface area contributed by atoms with Crippen molar-refractivity contribution in [2.24, 2.45) is 17.8 Å².